The quantitative estimate of drug-likeness (QED) is 0.169. The Morgan fingerprint density at radius 1 is 0.545 bits per heavy atom. The SMILES string of the molecule is O=C(CCC(=O)OCCN1C(=O)c2cccc3c(Br)ccc(c23)C1=O)OCCN1C(=O)c2cccc3c(Br)ccc(c23)C1=O. The van der Waals surface area contributed by atoms with Gasteiger partial charge in [-0.25, -0.2) is 0 Å². The average Bonchev–Trinajstić information content (AvgIpc) is 3.02. The Morgan fingerprint density at radius 2 is 0.909 bits per heavy atom. The second-order valence-corrected chi connectivity index (χ2v) is 11.8. The first-order chi connectivity index (χ1) is 21.2. The Labute approximate surface area is 267 Å². The highest BCUT2D eigenvalue weighted by Gasteiger charge is 2.34. The minimum absolute atomic E-state index is 0.147. The minimum atomic E-state index is -0.706. The van der Waals surface area contributed by atoms with Gasteiger partial charge in [-0.15, -0.1) is 0 Å². The van der Waals surface area contributed by atoms with Crippen molar-refractivity contribution in [3.63, 3.8) is 0 Å². The third kappa shape index (κ3) is 5.17. The van der Waals surface area contributed by atoms with Crippen LogP contribution < -0.4 is 0 Å². The molecule has 2 aliphatic rings. The highest BCUT2D eigenvalue weighted by Crippen LogP contribution is 2.35. The van der Waals surface area contributed by atoms with Gasteiger partial charge in [0.25, 0.3) is 23.6 Å². The van der Waals surface area contributed by atoms with E-state index in [1.165, 1.54) is 0 Å². The van der Waals surface area contributed by atoms with Crippen molar-refractivity contribution in [1.82, 2.24) is 9.80 Å². The number of hydrogen-bond acceptors (Lipinski definition) is 8. The Kier molecular flexibility index (Phi) is 8.04. The summed E-state index contributed by atoms with van der Waals surface area (Å²) in [6.45, 7) is -0.773. The van der Waals surface area contributed by atoms with Crippen LogP contribution in [0, 0.1) is 0 Å². The third-order valence-corrected chi connectivity index (χ3v) is 8.95. The number of nitrogens with zero attached hydrogens (tertiary/aromatic N) is 2. The highest BCUT2D eigenvalue weighted by molar-refractivity contribution is 9.11. The van der Waals surface area contributed by atoms with Crippen molar-refractivity contribution in [2.45, 2.75) is 12.8 Å². The summed E-state index contributed by atoms with van der Waals surface area (Å²) in [5.41, 5.74) is 1.54. The monoisotopic (exact) mass is 720 g/mol. The molecule has 4 amide bonds. The normalized spacial score (nSPS) is 14.0. The number of halogens is 2. The molecule has 0 aliphatic carbocycles. The molecule has 0 fully saturated rings. The minimum Gasteiger partial charge on any atom is -0.464 e. The van der Waals surface area contributed by atoms with E-state index in [9.17, 15) is 28.8 Å². The van der Waals surface area contributed by atoms with E-state index < -0.39 is 35.6 Å². The molecule has 6 rings (SSSR count). The van der Waals surface area contributed by atoms with Gasteiger partial charge in [-0.1, -0.05) is 56.1 Å². The molecule has 0 radical (unpaired) electrons. The third-order valence-electron chi connectivity index (χ3n) is 7.57. The maximum absolute atomic E-state index is 13.0. The van der Waals surface area contributed by atoms with Crippen LogP contribution in [0.3, 0.4) is 0 Å². The fraction of sp³-hybridized carbons (Fsp3) is 0.188. The number of benzene rings is 4. The summed E-state index contributed by atoms with van der Waals surface area (Å²) in [7, 11) is 0. The second kappa shape index (κ2) is 11.9. The average molecular weight is 722 g/mol. The molecule has 0 saturated heterocycles. The van der Waals surface area contributed by atoms with Crippen molar-refractivity contribution in [3.05, 3.63) is 91.9 Å². The molecule has 4 aromatic carbocycles. The van der Waals surface area contributed by atoms with Gasteiger partial charge >= 0.3 is 11.9 Å². The van der Waals surface area contributed by atoms with E-state index in [1.807, 2.05) is 12.1 Å². The molecule has 0 saturated carbocycles. The molecule has 12 heteroatoms. The lowest BCUT2D eigenvalue weighted by Crippen LogP contribution is -2.42. The van der Waals surface area contributed by atoms with Crippen LogP contribution in [0.2, 0.25) is 0 Å². The van der Waals surface area contributed by atoms with E-state index >= 15 is 0 Å². The summed E-state index contributed by atoms with van der Waals surface area (Å²) in [6, 6.07) is 17.2. The van der Waals surface area contributed by atoms with Gasteiger partial charge in [-0.05, 0) is 47.2 Å². The number of amides is 4. The predicted octanol–water partition coefficient (Wildman–Crippen LogP) is 5.28. The van der Waals surface area contributed by atoms with E-state index in [0.29, 0.717) is 33.0 Å². The lowest BCUT2D eigenvalue weighted by Gasteiger charge is -2.27. The van der Waals surface area contributed by atoms with Crippen LogP contribution in [0.4, 0.5) is 0 Å². The zero-order valence-electron chi connectivity index (χ0n) is 22.9. The van der Waals surface area contributed by atoms with E-state index in [1.54, 1.807) is 48.5 Å². The molecular weight excluding hydrogens is 700 g/mol. The lowest BCUT2D eigenvalue weighted by atomic mass is 9.94. The van der Waals surface area contributed by atoms with Crippen molar-refractivity contribution in [2.75, 3.05) is 26.3 Å². The number of esters is 2. The van der Waals surface area contributed by atoms with Crippen molar-refractivity contribution >= 4 is 89.0 Å². The first-order valence-corrected chi connectivity index (χ1v) is 15.2. The van der Waals surface area contributed by atoms with Crippen molar-refractivity contribution in [1.29, 1.82) is 0 Å². The maximum Gasteiger partial charge on any atom is 0.306 e. The molecule has 2 heterocycles. The van der Waals surface area contributed by atoms with Crippen LogP contribution in [-0.4, -0.2) is 71.7 Å². The van der Waals surface area contributed by atoms with Crippen LogP contribution in [0.15, 0.2) is 69.6 Å². The van der Waals surface area contributed by atoms with E-state index in [0.717, 1.165) is 29.5 Å². The van der Waals surface area contributed by atoms with Gasteiger partial charge in [0.2, 0.25) is 0 Å². The number of carbonyl (C=O) groups excluding carboxylic acids is 6. The van der Waals surface area contributed by atoms with Gasteiger partial charge in [0.15, 0.2) is 0 Å². The Balaban J connectivity index is 0.968. The second-order valence-electron chi connectivity index (χ2n) is 10.1. The number of hydrogen-bond donors (Lipinski definition) is 0. The van der Waals surface area contributed by atoms with Crippen LogP contribution in [-0.2, 0) is 19.1 Å². The predicted molar refractivity (Wildman–Crippen MR) is 165 cm³/mol. The van der Waals surface area contributed by atoms with Gasteiger partial charge in [-0.3, -0.25) is 38.6 Å². The summed E-state index contributed by atoms with van der Waals surface area (Å²) in [5, 5.41) is 2.66. The number of rotatable bonds is 9. The summed E-state index contributed by atoms with van der Waals surface area (Å²) in [5.74, 6) is -3.34. The topological polar surface area (TPSA) is 127 Å². The number of carbonyl (C=O) groups is 6. The molecule has 0 bridgehead atoms. The summed E-state index contributed by atoms with van der Waals surface area (Å²) in [6.07, 6.45) is -0.578. The van der Waals surface area contributed by atoms with E-state index in [2.05, 4.69) is 31.9 Å². The summed E-state index contributed by atoms with van der Waals surface area (Å²) < 4.78 is 11.9. The van der Waals surface area contributed by atoms with Crippen molar-refractivity contribution in [3.8, 4) is 0 Å². The Morgan fingerprint density at radius 3 is 1.30 bits per heavy atom. The molecule has 0 aromatic heterocycles. The van der Waals surface area contributed by atoms with Crippen LogP contribution in [0.5, 0.6) is 0 Å². The van der Waals surface area contributed by atoms with Gasteiger partial charge < -0.3 is 9.47 Å². The lowest BCUT2D eigenvalue weighted by molar-refractivity contribution is -0.150. The van der Waals surface area contributed by atoms with Gasteiger partial charge in [0.05, 0.1) is 25.9 Å². The van der Waals surface area contributed by atoms with Gasteiger partial charge in [-0.2, -0.15) is 0 Å². The molecule has 0 spiro atoms. The van der Waals surface area contributed by atoms with Crippen molar-refractivity contribution < 1.29 is 38.2 Å². The standard InChI is InChI=1S/C32H22Br2N2O8/c33-23-9-7-21-27-17(23)3-1-5-19(27)29(39)35(31(21)41)13-15-43-25(37)11-12-26(38)44-16-14-36-30(40)20-6-2-4-18-24(34)10-8-22(28(18)20)32(36)42/h1-10H,11-16H2. The maximum atomic E-state index is 13.0. The molecule has 2 aliphatic heterocycles. The summed E-state index contributed by atoms with van der Waals surface area (Å²) in [4.78, 5) is 78.7. The largest absolute Gasteiger partial charge is 0.464 e. The first kappa shape index (κ1) is 29.6. The highest BCUT2D eigenvalue weighted by atomic mass is 79.9. The van der Waals surface area contributed by atoms with Crippen molar-refractivity contribution in [2.24, 2.45) is 0 Å². The van der Waals surface area contributed by atoms with Crippen LogP contribution >= 0.6 is 31.9 Å². The van der Waals surface area contributed by atoms with E-state index in [-0.39, 0.29) is 39.1 Å². The fourth-order valence-corrected chi connectivity index (χ4v) is 6.40. The molecule has 0 N–H and O–H groups in total. The molecule has 44 heavy (non-hydrogen) atoms. The molecule has 0 unspecified atom stereocenters. The van der Waals surface area contributed by atoms with Gasteiger partial charge in [0.1, 0.15) is 13.2 Å². The Hall–Kier alpha value is -4.42. The molecular formula is C32H22Br2N2O8. The van der Waals surface area contributed by atoms with Gasteiger partial charge in [0, 0.05) is 42.0 Å². The summed E-state index contributed by atoms with van der Waals surface area (Å²) >= 11 is 6.90. The van der Waals surface area contributed by atoms with Crippen LogP contribution in [0.1, 0.15) is 54.3 Å². The number of imide groups is 2. The smallest absolute Gasteiger partial charge is 0.306 e. The Bertz CT molecular complexity index is 1760. The molecule has 0 atom stereocenters. The van der Waals surface area contributed by atoms with Crippen LogP contribution in [0.25, 0.3) is 21.5 Å². The molecule has 4 aromatic rings. The number of ether oxygens (including phenoxy) is 2. The zero-order chi connectivity index (χ0) is 31.1. The first-order valence-electron chi connectivity index (χ1n) is 13.6. The molecule has 10 nitrogen and oxygen atoms in total. The molecule has 222 valence electrons. The fourth-order valence-electron chi connectivity index (χ4n) is 5.48. The zero-order valence-corrected chi connectivity index (χ0v) is 26.1. The van der Waals surface area contributed by atoms with E-state index in [4.69, 9.17) is 9.47 Å².